The van der Waals surface area contributed by atoms with Gasteiger partial charge in [0.25, 0.3) is 0 Å². The molecule has 0 spiro atoms. The van der Waals surface area contributed by atoms with Crippen molar-refractivity contribution in [3.8, 4) is 5.88 Å². The lowest BCUT2D eigenvalue weighted by molar-refractivity contribution is 0.394. The predicted molar refractivity (Wildman–Crippen MR) is 64.7 cm³/mol. The lowest BCUT2D eigenvalue weighted by atomic mass is 9.88. The minimum atomic E-state index is 0.119. The molecule has 1 aromatic heterocycles. The lowest BCUT2D eigenvalue weighted by Gasteiger charge is -2.20. The molecule has 3 nitrogen and oxygen atoms in total. The molecule has 3 heteroatoms. The van der Waals surface area contributed by atoms with Crippen LogP contribution in [0.15, 0.2) is 12.1 Å². The fourth-order valence-electron chi connectivity index (χ4n) is 2.69. The van der Waals surface area contributed by atoms with Gasteiger partial charge < -0.3 is 10.5 Å². The fraction of sp³-hybridized carbons (Fsp3) is 0.615. The van der Waals surface area contributed by atoms with Gasteiger partial charge in [0.15, 0.2) is 0 Å². The summed E-state index contributed by atoms with van der Waals surface area (Å²) in [6, 6.07) is 4.15. The van der Waals surface area contributed by atoms with Crippen molar-refractivity contribution >= 4 is 0 Å². The average molecular weight is 220 g/mol. The van der Waals surface area contributed by atoms with Crippen LogP contribution < -0.4 is 10.5 Å². The van der Waals surface area contributed by atoms with Crippen LogP contribution in [0.4, 0.5) is 0 Å². The number of aromatic nitrogens is 1. The third-order valence-electron chi connectivity index (χ3n) is 3.95. The summed E-state index contributed by atoms with van der Waals surface area (Å²) in [5.74, 6) is 0.686. The first-order chi connectivity index (χ1) is 7.45. The highest BCUT2D eigenvalue weighted by molar-refractivity contribution is 5.40. The monoisotopic (exact) mass is 220 g/mol. The number of pyridine rings is 1. The molecule has 0 saturated heterocycles. The van der Waals surface area contributed by atoms with E-state index in [1.807, 2.05) is 13.0 Å². The van der Waals surface area contributed by atoms with E-state index in [9.17, 15) is 0 Å². The van der Waals surface area contributed by atoms with Gasteiger partial charge in [0, 0.05) is 23.7 Å². The Kier molecular flexibility index (Phi) is 2.46. The topological polar surface area (TPSA) is 48.1 Å². The number of hydrogen-bond acceptors (Lipinski definition) is 3. The summed E-state index contributed by atoms with van der Waals surface area (Å²) < 4.78 is 5.22. The van der Waals surface area contributed by atoms with Crippen molar-refractivity contribution in [1.82, 2.24) is 4.98 Å². The molecule has 88 valence electrons. The molecule has 1 saturated carbocycles. The summed E-state index contributed by atoms with van der Waals surface area (Å²) in [6.07, 6.45) is 1.14. The van der Waals surface area contributed by atoms with Crippen LogP contribution in [0, 0.1) is 12.3 Å². The van der Waals surface area contributed by atoms with E-state index in [-0.39, 0.29) is 5.41 Å². The van der Waals surface area contributed by atoms with Gasteiger partial charge in [-0.1, -0.05) is 13.8 Å². The molecule has 1 aliphatic rings. The maximum atomic E-state index is 5.96. The van der Waals surface area contributed by atoms with Gasteiger partial charge in [-0.15, -0.1) is 0 Å². The molecular weight excluding hydrogens is 200 g/mol. The van der Waals surface area contributed by atoms with Gasteiger partial charge in [-0.05, 0) is 30.4 Å². The molecule has 1 unspecified atom stereocenters. The van der Waals surface area contributed by atoms with Crippen LogP contribution in [0.25, 0.3) is 0 Å². The molecule has 0 aliphatic heterocycles. The highest BCUT2D eigenvalue weighted by Gasteiger charge is 2.61. The van der Waals surface area contributed by atoms with Gasteiger partial charge in [0.2, 0.25) is 5.88 Å². The number of rotatable bonds is 3. The van der Waals surface area contributed by atoms with Crippen molar-refractivity contribution in [2.45, 2.75) is 32.6 Å². The quantitative estimate of drug-likeness (QED) is 0.847. The highest BCUT2D eigenvalue weighted by Crippen LogP contribution is 2.63. The largest absolute Gasteiger partial charge is 0.481 e. The van der Waals surface area contributed by atoms with Crippen molar-refractivity contribution in [2.75, 3.05) is 13.7 Å². The predicted octanol–water partition coefficient (Wildman–Crippen LogP) is 2.03. The first-order valence-corrected chi connectivity index (χ1v) is 5.68. The molecule has 16 heavy (non-hydrogen) atoms. The number of nitrogens with zero attached hydrogens (tertiary/aromatic N) is 1. The third kappa shape index (κ3) is 1.50. The summed E-state index contributed by atoms with van der Waals surface area (Å²) in [6.45, 7) is 7.21. The summed E-state index contributed by atoms with van der Waals surface area (Å²) in [5, 5.41) is 0. The molecule has 2 N–H and O–H groups in total. The first kappa shape index (κ1) is 11.4. The van der Waals surface area contributed by atoms with Crippen LogP contribution in [0.3, 0.4) is 0 Å². The van der Waals surface area contributed by atoms with E-state index in [4.69, 9.17) is 10.5 Å². The van der Waals surface area contributed by atoms with E-state index >= 15 is 0 Å². The van der Waals surface area contributed by atoms with Crippen molar-refractivity contribution in [3.63, 3.8) is 0 Å². The molecule has 1 atom stereocenters. The second kappa shape index (κ2) is 3.45. The van der Waals surface area contributed by atoms with Gasteiger partial charge >= 0.3 is 0 Å². The molecule has 1 fully saturated rings. The summed E-state index contributed by atoms with van der Waals surface area (Å²) in [4.78, 5) is 4.31. The standard InChI is InChI=1S/C13H20N2O/c1-9-5-10(6-11(15-9)16-4)13(8-14)7-12(13,2)3/h5-6H,7-8,14H2,1-4H3. The van der Waals surface area contributed by atoms with Gasteiger partial charge in [-0.25, -0.2) is 4.98 Å². The molecule has 0 bridgehead atoms. The van der Waals surface area contributed by atoms with E-state index in [0.717, 1.165) is 12.1 Å². The summed E-state index contributed by atoms with van der Waals surface area (Å²) >= 11 is 0. The molecule has 0 radical (unpaired) electrons. The Balaban J connectivity index is 2.45. The van der Waals surface area contributed by atoms with Crippen LogP contribution in [-0.2, 0) is 5.41 Å². The SMILES string of the molecule is COc1cc(C2(CN)CC2(C)C)cc(C)n1. The molecular formula is C13H20N2O. The minimum absolute atomic E-state index is 0.119. The van der Waals surface area contributed by atoms with Crippen molar-refractivity contribution in [1.29, 1.82) is 0 Å². The summed E-state index contributed by atoms with van der Waals surface area (Å²) in [7, 11) is 1.65. The molecule has 0 amide bonds. The van der Waals surface area contributed by atoms with Gasteiger partial charge in [0.1, 0.15) is 0 Å². The Morgan fingerprint density at radius 2 is 2.06 bits per heavy atom. The number of hydrogen-bond donors (Lipinski definition) is 1. The Bertz CT molecular complexity index is 414. The molecule has 0 aromatic carbocycles. The molecule has 2 rings (SSSR count). The lowest BCUT2D eigenvalue weighted by Crippen LogP contribution is -2.25. The molecule has 1 aromatic rings. The molecule has 1 heterocycles. The van der Waals surface area contributed by atoms with Crippen LogP contribution >= 0.6 is 0 Å². The van der Waals surface area contributed by atoms with Crippen molar-refractivity contribution in [2.24, 2.45) is 11.1 Å². The Morgan fingerprint density at radius 1 is 1.44 bits per heavy atom. The number of aryl methyl sites for hydroxylation is 1. The zero-order valence-electron chi connectivity index (χ0n) is 10.5. The number of ether oxygens (including phenoxy) is 1. The second-order valence-electron chi connectivity index (χ2n) is 5.39. The van der Waals surface area contributed by atoms with Crippen molar-refractivity contribution in [3.05, 3.63) is 23.4 Å². The van der Waals surface area contributed by atoms with Gasteiger partial charge in [0.05, 0.1) is 7.11 Å². The van der Waals surface area contributed by atoms with E-state index in [1.54, 1.807) is 7.11 Å². The zero-order valence-corrected chi connectivity index (χ0v) is 10.5. The van der Waals surface area contributed by atoms with E-state index in [2.05, 4.69) is 24.9 Å². The van der Waals surface area contributed by atoms with Gasteiger partial charge in [-0.2, -0.15) is 0 Å². The highest BCUT2D eigenvalue weighted by atomic mass is 16.5. The van der Waals surface area contributed by atoms with Crippen LogP contribution in [0.1, 0.15) is 31.5 Å². The van der Waals surface area contributed by atoms with Crippen molar-refractivity contribution < 1.29 is 4.74 Å². The van der Waals surface area contributed by atoms with Crippen LogP contribution in [0.2, 0.25) is 0 Å². The minimum Gasteiger partial charge on any atom is -0.481 e. The summed E-state index contributed by atoms with van der Waals surface area (Å²) in [5.41, 5.74) is 8.63. The zero-order chi connectivity index (χ0) is 12.0. The normalized spacial score (nSPS) is 26.6. The van der Waals surface area contributed by atoms with Gasteiger partial charge in [-0.3, -0.25) is 0 Å². The molecule has 1 aliphatic carbocycles. The Labute approximate surface area is 97.0 Å². The smallest absolute Gasteiger partial charge is 0.213 e. The maximum Gasteiger partial charge on any atom is 0.213 e. The van der Waals surface area contributed by atoms with Crippen LogP contribution in [0.5, 0.6) is 5.88 Å². The Hall–Kier alpha value is -1.09. The van der Waals surface area contributed by atoms with Crippen LogP contribution in [-0.4, -0.2) is 18.6 Å². The average Bonchev–Trinajstić information content (AvgIpc) is 2.81. The van der Waals surface area contributed by atoms with E-state index < -0.39 is 0 Å². The van der Waals surface area contributed by atoms with E-state index in [0.29, 0.717) is 17.8 Å². The number of nitrogens with two attached hydrogens (primary N) is 1. The second-order valence-corrected chi connectivity index (χ2v) is 5.39. The Morgan fingerprint density at radius 3 is 2.50 bits per heavy atom. The fourth-order valence-corrected chi connectivity index (χ4v) is 2.69. The maximum absolute atomic E-state index is 5.96. The number of methoxy groups -OCH3 is 1. The first-order valence-electron chi connectivity index (χ1n) is 5.68. The van der Waals surface area contributed by atoms with E-state index in [1.165, 1.54) is 5.56 Å². The third-order valence-corrected chi connectivity index (χ3v) is 3.95.